The normalized spacial score (nSPS) is 10.9. The second-order valence-corrected chi connectivity index (χ2v) is 4.82. The van der Waals surface area contributed by atoms with Crippen molar-refractivity contribution in [3.05, 3.63) is 41.8 Å². The zero-order chi connectivity index (χ0) is 14.0. The summed E-state index contributed by atoms with van der Waals surface area (Å²) in [5, 5.41) is 13.5. The van der Waals surface area contributed by atoms with E-state index in [1.807, 2.05) is 13.8 Å². The van der Waals surface area contributed by atoms with Crippen molar-refractivity contribution in [2.45, 2.75) is 20.4 Å². The van der Waals surface area contributed by atoms with Gasteiger partial charge < -0.3 is 5.11 Å². The van der Waals surface area contributed by atoms with E-state index in [1.54, 1.807) is 4.68 Å². The highest BCUT2D eigenvalue weighted by molar-refractivity contribution is 5.94. The number of carboxylic acids is 1. The van der Waals surface area contributed by atoms with Crippen LogP contribution in [0.4, 0.5) is 4.39 Å². The molecule has 19 heavy (non-hydrogen) atoms. The van der Waals surface area contributed by atoms with Crippen LogP contribution >= 0.6 is 0 Å². The van der Waals surface area contributed by atoms with Crippen molar-refractivity contribution >= 4 is 5.97 Å². The van der Waals surface area contributed by atoms with Crippen LogP contribution in [0.15, 0.2) is 30.5 Å². The van der Waals surface area contributed by atoms with Crippen LogP contribution in [0.2, 0.25) is 0 Å². The van der Waals surface area contributed by atoms with Gasteiger partial charge in [0.2, 0.25) is 0 Å². The van der Waals surface area contributed by atoms with Crippen LogP contribution in [0.25, 0.3) is 11.3 Å². The average Bonchev–Trinajstić information content (AvgIpc) is 2.73. The number of carboxylic acid groups (broad SMARTS) is 1. The Morgan fingerprint density at radius 1 is 1.37 bits per heavy atom. The Labute approximate surface area is 110 Å². The maximum atomic E-state index is 12.9. The first kappa shape index (κ1) is 13.3. The van der Waals surface area contributed by atoms with Crippen LogP contribution in [0.1, 0.15) is 24.2 Å². The Morgan fingerprint density at radius 3 is 2.53 bits per heavy atom. The lowest BCUT2D eigenvalue weighted by Crippen LogP contribution is -2.04. The highest BCUT2D eigenvalue weighted by Crippen LogP contribution is 2.22. The van der Waals surface area contributed by atoms with Gasteiger partial charge in [-0.15, -0.1) is 0 Å². The van der Waals surface area contributed by atoms with Crippen LogP contribution in [-0.4, -0.2) is 20.9 Å². The fraction of sp³-hybridized carbons (Fsp3) is 0.286. The van der Waals surface area contributed by atoms with Gasteiger partial charge in [-0.2, -0.15) is 5.10 Å². The molecule has 0 atom stereocenters. The van der Waals surface area contributed by atoms with E-state index in [1.165, 1.54) is 30.5 Å². The number of halogens is 1. The molecule has 1 aromatic heterocycles. The molecule has 0 fully saturated rings. The number of carbonyl (C=O) groups is 1. The first-order chi connectivity index (χ1) is 8.97. The summed E-state index contributed by atoms with van der Waals surface area (Å²) in [7, 11) is 0. The molecule has 2 rings (SSSR count). The van der Waals surface area contributed by atoms with Crippen molar-refractivity contribution < 1.29 is 14.3 Å². The molecule has 0 bridgehead atoms. The summed E-state index contributed by atoms with van der Waals surface area (Å²) in [4.78, 5) is 11.2. The molecule has 1 aromatic carbocycles. The number of hydrogen-bond acceptors (Lipinski definition) is 2. The quantitative estimate of drug-likeness (QED) is 0.921. The molecule has 0 aliphatic carbocycles. The SMILES string of the molecule is CC(C)Cn1cc(C(=O)O)c(-c2ccc(F)cc2)n1. The molecule has 0 spiro atoms. The van der Waals surface area contributed by atoms with Crippen LogP contribution < -0.4 is 0 Å². The Morgan fingerprint density at radius 2 is 2.00 bits per heavy atom. The molecule has 0 radical (unpaired) electrons. The predicted molar refractivity (Wildman–Crippen MR) is 69.4 cm³/mol. The van der Waals surface area contributed by atoms with Crippen LogP contribution in [-0.2, 0) is 6.54 Å². The van der Waals surface area contributed by atoms with Gasteiger partial charge in [0.1, 0.15) is 17.1 Å². The Hall–Kier alpha value is -2.17. The second-order valence-electron chi connectivity index (χ2n) is 4.82. The molecular weight excluding hydrogens is 247 g/mol. The maximum absolute atomic E-state index is 12.9. The number of aromatic carboxylic acids is 1. The standard InChI is InChI=1S/C14H15FN2O2/c1-9(2)7-17-8-12(14(18)19)13(16-17)10-3-5-11(15)6-4-10/h3-6,8-9H,7H2,1-2H3,(H,18,19). The van der Waals surface area contributed by atoms with Crippen molar-refractivity contribution in [3.8, 4) is 11.3 Å². The number of hydrogen-bond donors (Lipinski definition) is 1. The lowest BCUT2D eigenvalue weighted by molar-refractivity contribution is 0.0697. The first-order valence-electron chi connectivity index (χ1n) is 6.04. The van der Waals surface area contributed by atoms with Gasteiger partial charge in [-0.1, -0.05) is 13.8 Å². The summed E-state index contributed by atoms with van der Waals surface area (Å²) < 4.78 is 14.5. The van der Waals surface area contributed by atoms with Gasteiger partial charge in [0, 0.05) is 18.3 Å². The van der Waals surface area contributed by atoms with Gasteiger partial charge in [0.05, 0.1) is 0 Å². The minimum absolute atomic E-state index is 0.132. The highest BCUT2D eigenvalue weighted by Gasteiger charge is 2.17. The first-order valence-corrected chi connectivity index (χ1v) is 6.04. The van der Waals surface area contributed by atoms with E-state index < -0.39 is 5.97 Å². The molecule has 4 nitrogen and oxygen atoms in total. The molecule has 0 saturated heterocycles. The van der Waals surface area contributed by atoms with E-state index in [0.29, 0.717) is 23.7 Å². The van der Waals surface area contributed by atoms with E-state index >= 15 is 0 Å². The fourth-order valence-electron chi connectivity index (χ4n) is 1.87. The number of rotatable bonds is 4. The summed E-state index contributed by atoms with van der Waals surface area (Å²) in [5.41, 5.74) is 1.10. The zero-order valence-electron chi connectivity index (χ0n) is 10.8. The molecule has 0 saturated carbocycles. The lowest BCUT2D eigenvalue weighted by atomic mass is 10.1. The van der Waals surface area contributed by atoms with E-state index in [9.17, 15) is 14.3 Å². The zero-order valence-corrected chi connectivity index (χ0v) is 10.8. The summed E-state index contributed by atoms with van der Waals surface area (Å²) in [5.74, 6) is -1.03. The highest BCUT2D eigenvalue weighted by atomic mass is 19.1. The number of nitrogens with zero attached hydrogens (tertiary/aromatic N) is 2. The van der Waals surface area contributed by atoms with Gasteiger partial charge in [0.25, 0.3) is 0 Å². The van der Waals surface area contributed by atoms with Crippen LogP contribution in [0.3, 0.4) is 0 Å². The summed E-state index contributed by atoms with van der Waals surface area (Å²) in [6.07, 6.45) is 1.51. The van der Waals surface area contributed by atoms with Crippen LogP contribution in [0.5, 0.6) is 0 Å². The third-order valence-electron chi connectivity index (χ3n) is 2.66. The van der Waals surface area contributed by atoms with Crippen molar-refractivity contribution in [2.75, 3.05) is 0 Å². The molecule has 100 valence electrons. The molecule has 2 aromatic rings. The Kier molecular flexibility index (Phi) is 3.64. The monoisotopic (exact) mass is 262 g/mol. The van der Waals surface area contributed by atoms with Crippen LogP contribution in [0, 0.1) is 11.7 Å². The Balaban J connectivity index is 2.45. The van der Waals surface area contributed by atoms with E-state index in [-0.39, 0.29) is 11.4 Å². The average molecular weight is 262 g/mol. The van der Waals surface area contributed by atoms with Gasteiger partial charge in [0.15, 0.2) is 0 Å². The fourth-order valence-corrected chi connectivity index (χ4v) is 1.87. The molecule has 0 aliphatic rings. The minimum atomic E-state index is -1.03. The summed E-state index contributed by atoms with van der Waals surface area (Å²) in [6.45, 7) is 4.70. The van der Waals surface area contributed by atoms with E-state index in [4.69, 9.17) is 0 Å². The molecule has 5 heteroatoms. The molecular formula is C14H15FN2O2. The number of aromatic nitrogens is 2. The molecule has 1 heterocycles. The molecule has 0 aliphatic heterocycles. The molecule has 0 unspecified atom stereocenters. The third kappa shape index (κ3) is 2.99. The van der Waals surface area contributed by atoms with Crippen molar-refractivity contribution in [1.29, 1.82) is 0 Å². The van der Waals surface area contributed by atoms with Gasteiger partial charge in [-0.25, -0.2) is 9.18 Å². The van der Waals surface area contributed by atoms with Gasteiger partial charge >= 0.3 is 5.97 Å². The molecule has 1 N–H and O–H groups in total. The summed E-state index contributed by atoms with van der Waals surface area (Å²) in [6, 6.07) is 5.65. The largest absolute Gasteiger partial charge is 0.478 e. The Bertz CT molecular complexity index is 588. The topological polar surface area (TPSA) is 55.1 Å². The number of benzene rings is 1. The van der Waals surface area contributed by atoms with E-state index in [2.05, 4.69) is 5.10 Å². The van der Waals surface area contributed by atoms with Gasteiger partial charge in [-0.3, -0.25) is 4.68 Å². The summed E-state index contributed by atoms with van der Waals surface area (Å²) >= 11 is 0. The van der Waals surface area contributed by atoms with Crippen molar-refractivity contribution in [3.63, 3.8) is 0 Å². The molecule has 0 amide bonds. The third-order valence-corrected chi connectivity index (χ3v) is 2.66. The second kappa shape index (κ2) is 5.22. The van der Waals surface area contributed by atoms with Crippen molar-refractivity contribution in [1.82, 2.24) is 9.78 Å². The lowest BCUT2D eigenvalue weighted by Gasteiger charge is -2.03. The predicted octanol–water partition coefficient (Wildman–Crippen LogP) is 3.04. The maximum Gasteiger partial charge on any atom is 0.339 e. The smallest absolute Gasteiger partial charge is 0.339 e. The van der Waals surface area contributed by atoms with E-state index in [0.717, 1.165) is 0 Å². The van der Waals surface area contributed by atoms with Gasteiger partial charge in [-0.05, 0) is 30.2 Å². The minimum Gasteiger partial charge on any atom is -0.478 e. The van der Waals surface area contributed by atoms with Crippen molar-refractivity contribution in [2.24, 2.45) is 5.92 Å².